The molecule has 2 aromatic carbocycles. The van der Waals surface area contributed by atoms with Gasteiger partial charge in [-0.25, -0.2) is 0 Å². The average Bonchev–Trinajstić information content (AvgIpc) is 2.43. The molecule has 0 heterocycles. The number of nitro benzene ring substituents is 3. The molecular weight excluding hydrogens is 286 g/mol. The Morgan fingerprint density at radius 3 is 1.57 bits per heavy atom. The van der Waals surface area contributed by atoms with Crippen molar-refractivity contribution < 1.29 is 19.6 Å². The van der Waals surface area contributed by atoms with Crippen molar-refractivity contribution in [2.45, 2.75) is 0 Å². The molecule has 106 valence electrons. The van der Waals surface area contributed by atoms with E-state index in [-0.39, 0.29) is 17.1 Å². The van der Waals surface area contributed by atoms with Crippen LogP contribution in [0.2, 0.25) is 0 Å². The first-order chi connectivity index (χ1) is 9.90. The van der Waals surface area contributed by atoms with E-state index in [4.69, 9.17) is 0 Å². The number of fused-ring (bicyclic) bond motifs is 1. The van der Waals surface area contributed by atoms with Crippen LogP contribution in [0.15, 0.2) is 24.3 Å². The molecule has 0 aliphatic heterocycles. The van der Waals surface area contributed by atoms with Crippen molar-refractivity contribution in [1.29, 1.82) is 0 Å². The van der Waals surface area contributed by atoms with Crippen LogP contribution < -0.4 is 0 Å². The van der Waals surface area contributed by atoms with Crippen molar-refractivity contribution in [2.75, 3.05) is 0 Å². The van der Waals surface area contributed by atoms with Gasteiger partial charge in [-0.15, -0.1) is 0 Å². The Morgan fingerprint density at radius 2 is 1.19 bits per heavy atom. The molecule has 2 rings (SSSR count). The van der Waals surface area contributed by atoms with Crippen molar-refractivity contribution in [3.05, 3.63) is 60.2 Å². The zero-order valence-electron chi connectivity index (χ0n) is 10.1. The molecule has 0 fully saturated rings. The highest BCUT2D eigenvalue weighted by atomic mass is 16.6. The smallest absolute Gasteiger partial charge is 0.297 e. The van der Waals surface area contributed by atoms with Gasteiger partial charge in [-0.05, 0) is 12.1 Å². The third-order valence-electron chi connectivity index (χ3n) is 2.84. The standard InChI is InChI=1S/C11H5N3O7/c15-5-8-9(12(16)17)6-3-1-2-4-7(6)10(13(18)19)11(8)14(20)21/h1-5H. The molecule has 0 unspecified atom stereocenters. The summed E-state index contributed by atoms with van der Waals surface area (Å²) in [5, 5.41) is 32.8. The van der Waals surface area contributed by atoms with Crippen LogP contribution >= 0.6 is 0 Å². The van der Waals surface area contributed by atoms with Gasteiger partial charge in [-0.2, -0.15) is 0 Å². The topological polar surface area (TPSA) is 146 Å². The number of hydrogen-bond acceptors (Lipinski definition) is 7. The quantitative estimate of drug-likeness (QED) is 0.477. The number of nitrogens with zero attached hydrogens (tertiary/aromatic N) is 3. The van der Waals surface area contributed by atoms with Crippen LogP contribution in [-0.4, -0.2) is 21.1 Å². The maximum atomic E-state index is 11.1. The minimum Gasteiger partial charge on any atom is -0.297 e. The summed E-state index contributed by atoms with van der Waals surface area (Å²) in [5.74, 6) is 0. The first-order valence-electron chi connectivity index (χ1n) is 5.37. The second-order valence-corrected chi connectivity index (χ2v) is 3.89. The van der Waals surface area contributed by atoms with Gasteiger partial charge in [-0.1, -0.05) is 12.1 Å². The monoisotopic (exact) mass is 291 g/mol. The number of carbonyl (C=O) groups excluding carboxylic acids is 1. The molecule has 0 atom stereocenters. The molecule has 0 radical (unpaired) electrons. The van der Waals surface area contributed by atoms with E-state index in [1.165, 1.54) is 18.2 Å². The molecule has 0 aliphatic carbocycles. The Hall–Kier alpha value is -3.43. The van der Waals surface area contributed by atoms with Gasteiger partial charge in [0.2, 0.25) is 0 Å². The number of nitro groups is 3. The van der Waals surface area contributed by atoms with Gasteiger partial charge >= 0.3 is 11.4 Å². The third-order valence-corrected chi connectivity index (χ3v) is 2.84. The summed E-state index contributed by atoms with van der Waals surface area (Å²) >= 11 is 0. The largest absolute Gasteiger partial charge is 0.364 e. The Morgan fingerprint density at radius 1 is 0.762 bits per heavy atom. The molecule has 0 aromatic heterocycles. The lowest BCUT2D eigenvalue weighted by Gasteiger charge is -2.04. The second-order valence-electron chi connectivity index (χ2n) is 3.89. The van der Waals surface area contributed by atoms with Crippen molar-refractivity contribution in [1.82, 2.24) is 0 Å². The molecule has 10 nitrogen and oxygen atoms in total. The van der Waals surface area contributed by atoms with Gasteiger partial charge in [0.25, 0.3) is 5.69 Å². The normalized spacial score (nSPS) is 10.3. The van der Waals surface area contributed by atoms with Gasteiger partial charge in [0.05, 0.1) is 25.5 Å². The predicted molar refractivity (Wildman–Crippen MR) is 69.3 cm³/mol. The lowest BCUT2D eigenvalue weighted by molar-refractivity contribution is -0.423. The zero-order valence-corrected chi connectivity index (χ0v) is 10.1. The van der Waals surface area contributed by atoms with E-state index in [1.54, 1.807) is 0 Å². The van der Waals surface area contributed by atoms with E-state index in [9.17, 15) is 35.1 Å². The van der Waals surface area contributed by atoms with Gasteiger partial charge in [0, 0.05) is 0 Å². The van der Waals surface area contributed by atoms with Crippen LogP contribution in [0.25, 0.3) is 10.8 Å². The molecular formula is C11H5N3O7. The molecule has 21 heavy (non-hydrogen) atoms. The fourth-order valence-corrected chi connectivity index (χ4v) is 2.09. The van der Waals surface area contributed by atoms with E-state index in [1.807, 2.05) is 0 Å². The molecule has 0 amide bonds. The van der Waals surface area contributed by atoms with Gasteiger partial charge in [0.1, 0.15) is 0 Å². The highest BCUT2D eigenvalue weighted by Crippen LogP contribution is 2.43. The van der Waals surface area contributed by atoms with E-state index in [0.29, 0.717) is 0 Å². The summed E-state index contributed by atoms with van der Waals surface area (Å²) in [5.41, 5.74) is -3.86. The maximum Gasteiger partial charge on any atom is 0.364 e. The van der Waals surface area contributed by atoms with Crippen molar-refractivity contribution in [2.24, 2.45) is 0 Å². The van der Waals surface area contributed by atoms with Crippen LogP contribution in [-0.2, 0) is 0 Å². The van der Waals surface area contributed by atoms with Crippen LogP contribution in [0, 0.1) is 30.3 Å². The molecule has 0 saturated heterocycles. The number of hydrogen-bond donors (Lipinski definition) is 0. The van der Waals surface area contributed by atoms with Crippen LogP contribution in [0.1, 0.15) is 10.4 Å². The molecule has 0 saturated carbocycles. The second kappa shape index (κ2) is 4.92. The molecule has 2 aromatic rings. The molecule has 0 aliphatic rings. The van der Waals surface area contributed by atoms with Gasteiger partial charge in [0.15, 0.2) is 11.8 Å². The van der Waals surface area contributed by atoms with E-state index < -0.39 is 37.4 Å². The van der Waals surface area contributed by atoms with Crippen molar-refractivity contribution in [3.8, 4) is 0 Å². The van der Waals surface area contributed by atoms with Crippen LogP contribution in [0.5, 0.6) is 0 Å². The molecule has 0 N–H and O–H groups in total. The SMILES string of the molecule is O=Cc1c([N+](=O)[O-])c([N+](=O)[O-])c2ccccc2c1[N+](=O)[O-]. The number of rotatable bonds is 4. The Bertz CT molecular complexity index is 815. The van der Waals surface area contributed by atoms with E-state index in [2.05, 4.69) is 0 Å². The van der Waals surface area contributed by atoms with Crippen molar-refractivity contribution in [3.63, 3.8) is 0 Å². The maximum absolute atomic E-state index is 11.1. The molecule has 10 heteroatoms. The molecule has 0 spiro atoms. The summed E-state index contributed by atoms with van der Waals surface area (Å²) in [4.78, 5) is 41.1. The molecule has 0 bridgehead atoms. The first-order valence-corrected chi connectivity index (χ1v) is 5.37. The number of carbonyl (C=O) groups is 1. The zero-order chi connectivity index (χ0) is 15.7. The van der Waals surface area contributed by atoms with Crippen LogP contribution in [0.4, 0.5) is 17.1 Å². The predicted octanol–water partition coefficient (Wildman–Crippen LogP) is 2.38. The summed E-state index contributed by atoms with van der Waals surface area (Å²) < 4.78 is 0. The first kappa shape index (κ1) is 14.0. The highest BCUT2D eigenvalue weighted by molar-refractivity contribution is 6.09. The third kappa shape index (κ3) is 2.04. The fraction of sp³-hybridized carbons (Fsp3) is 0. The lowest BCUT2D eigenvalue weighted by Crippen LogP contribution is -2.05. The highest BCUT2D eigenvalue weighted by Gasteiger charge is 2.39. The van der Waals surface area contributed by atoms with Gasteiger partial charge in [-0.3, -0.25) is 35.1 Å². The Kier molecular flexibility index (Phi) is 3.28. The minimum atomic E-state index is -1.18. The number of benzene rings is 2. The van der Waals surface area contributed by atoms with Crippen LogP contribution in [0.3, 0.4) is 0 Å². The Labute approximate surface area is 115 Å². The minimum absolute atomic E-state index is 0.115. The Balaban J connectivity index is 3.21. The summed E-state index contributed by atoms with van der Waals surface area (Å²) in [6.07, 6.45) is -0.115. The lowest BCUT2D eigenvalue weighted by atomic mass is 10.0. The van der Waals surface area contributed by atoms with E-state index in [0.717, 1.165) is 6.07 Å². The average molecular weight is 291 g/mol. The summed E-state index contributed by atoms with van der Waals surface area (Å²) in [6, 6.07) is 5.07. The van der Waals surface area contributed by atoms with Gasteiger partial charge < -0.3 is 0 Å². The van der Waals surface area contributed by atoms with Crippen molar-refractivity contribution >= 4 is 34.1 Å². The fourth-order valence-electron chi connectivity index (χ4n) is 2.09. The summed E-state index contributed by atoms with van der Waals surface area (Å²) in [6.45, 7) is 0. The summed E-state index contributed by atoms with van der Waals surface area (Å²) in [7, 11) is 0. The number of aldehydes is 1. The van der Waals surface area contributed by atoms with E-state index >= 15 is 0 Å².